The number of rotatable bonds is 2. The van der Waals surface area contributed by atoms with Crippen molar-refractivity contribution in [2.45, 2.75) is 20.3 Å². The van der Waals surface area contributed by atoms with Gasteiger partial charge in [-0.05, 0) is 6.92 Å². The molecule has 0 aliphatic heterocycles. The van der Waals surface area contributed by atoms with Crippen molar-refractivity contribution in [1.29, 1.82) is 0 Å². The van der Waals surface area contributed by atoms with Crippen molar-refractivity contribution in [2.24, 2.45) is 0 Å². The third-order valence-corrected chi connectivity index (χ3v) is 0.594. The van der Waals surface area contributed by atoms with Gasteiger partial charge in [-0.15, -0.1) is 0 Å². The van der Waals surface area contributed by atoms with Gasteiger partial charge in [0.05, 0.1) is 6.61 Å². The van der Waals surface area contributed by atoms with Gasteiger partial charge >= 0.3 is 65.1 Å². The number of ether oxygens (including phenoxy) is 1. The molecular weight excluding hydrogens is 138 g/mol. The quantitative estimate of drug-likeness (QED) is 0.292. The average Bonchev–Trinajstić information content (AvgIpc) is 1.68. The maximum Gasteiger partial charge on any atom is 1.00 e. The Labute approximate surface area is 103 Å². The maximum atomic E-state index is 10.2. The van der Waals surface area contributed by atoms with E-state index in [1.165, 1.54) is 0 Å². The number of carbonyl (C=O) groups is 1. The van der Waals surface area contributed by atoms with Crippen molar-refractivity contribution in [3.8, 4) is 0 Å². The van der Waals surface area contributed by atoms with Gasteiger partial charge in [-0.2, -0.15) is 0 Å². The van der Waals surface area contributed by atoms with E-state index in [0.717, 1.165) is 0 Å². The summed E-state index contributed by atoms with van der Waals surface area (Å²) < 4.78 is 4.55. The van der Waals surface area contributed by atoms with Gasteiger partial charge in [0.15, 0.2) is 0 Å². The van der Waals surface area contributed by atoms with E-state index >= 15 is 0 Å². The van der Waals surface area contributed by atoms with Gasteiger partial charge in [-0.25, -0.2) is 0 Å². The molecule has 9 heavy (non-hydrogen) atoms. The first kappa shape index (κ1) is 16.8. The van der Waals surface area contributed by atoms with Crippen molar-refractivity contribution in [3.63, 3.8) is 0 Å². The van der Waals surface area contributed by atoms with Crippen LogP contribution in [0.1, 0.15) is 23.1 Å². The first-order valence-corrected chi connectivity index (χ1v) is 2.46. The minimum Gasteiger partial charge on any atom is -1.00 e. The molecule has 0 fully saturated rings. The first-order chi connectivity index (χ1) is 3.31. The van der Waals surface area contributed by atoms with Crippen molar-refractivity contribution in [3.05, 3.63) is 0 Å². The third-order valence-electron chi connectivity index (χ3n) is 0.594. The van der Waals surface area contributed by atoms with Crippen LogP contribution in [0.3, 0.4) is 0 Å². The van der Waals surface area contributed by atoms with Crippen molar-refractivity contribution in [2.75, 3.05) is 6.61 Å². The predicted octanol–water partition coefficient (Wildman–Crippen LogP) is -4.81. The molecule has 0 rings (SSSR count). The van der Waals surface area contributed by atoms with Gasteiger partial charge < -0.3 is 7.59 Å². The van der Waals surface area contributed by atoms with Gasteiger partial charge in [0.2, 0.25) is 0 Å². The summed E-state index contributed by atoms with van der Waals surface area (Å²) in [7, 11) is 0. The summed E-state index contributed by atoms with van der Waals surface area (Å²) in [4.78, 5) is 10.2. The predicted molar refractivity (Wildman–Crippen MR) is 29.1 cm³/mol. The van der Waals surface area contributed by atoms with E-state index in [2.05, 4.69) is 4.74 Å². The molecule has 0 aromatic rings. The molecule has 46 valence electrons. The Hall–Kier alpha value is 1.47. The fraction of sp³-hybridized carbons (Fsp3) is 0.800. The second kappa shape index (κ2) is 12.2. The normalized spacial score (nSPS) is 6.44. The maximum absolute atomic E-state index is 10.2. The summed E-state index contributed by atoms with van der Waals surface area (Å²) in [6, 6.07) is 0. The standard InChI is InChI=1S/C5H10O2.2Na.2H/c1-3-5(6)7-4-2;;;;/h3-4H2,1-2H3;;;;/q;2*+1;2*-1. The van der Waals surface area contributed by atoms with E-state index in [-0.39, 0.29) is 67.9 Å². The zero-order valence-electron chi connectivity index (χ0n) is 8.73. The minimum absolute atomic E-state index is 0. The number of hydrogen-bond acceptors (Lipinski definition) is 2. The second-order valence-corrected chi connectivity index (χ2v) is 1.16. The van der Waals surface area contributed by atoms with E-state index in [1.807, 2.05) is 0 Å². The molecule has 0 heterocycles. The van der Waals surface area contributed by atoms with E-state index in [1.54, 1.807) is 13.8 Å². The van der Waals surface area contributed by atoms with Gasteiger partial charge in [-0.1, -0.05) is 6.92 Å². The topological polar surface area (TPSA) is 26.3 Å². The Morgan fingerprint density at radius 3 is 2.00 bits per heavy atom. The smallest absolute Gasteiger partial charge is 1.00 e. The van der Waals surface area contributed by atoms with E-state index in [4.69, 9.17) is 0 Å². The molecule has 0 spiro atoms. The fourth-order valence-corrected chi connectivity index (χ4v) is 0.263. The summed E-state index contributed by atoms with van der Waals surface area (Å²) in [6.45, 7) is 4.07. The minimum atomic E-state index is -0.123. The van der Waals surface area contributed by atoms with Crippen LogP contribution in [0.5, 0.6) is 0 Å². The molecule has 0 aliphatic carbocycles. The fourth-order valence-electron chi connectivity index (χ4n) is 0.263. The third kappa shape index (κ3) is 12.6. The summed E-state index contributed by atoms with van der Waals surface area (Å²) >= 11 is 0. The monoisotopic (exact) mass is 150 g/mol. The molecular formula is C5H12Na2O2. The van der Waals surface area contributed by atoms with Crippen LogP contribution in [0, 0.1) is 0 Å². The molecule has 0 aromatic carbocycles. The molecule has 0 saturated carbocycles. The number of esters is 1. The molecule has 4 heteroatoms. The average molecular weight is 150 g/mol. The molecule has 0 bridgehead atoms. The molecule has 0 atom stereocenters. The molecule has 0 aromatic heterocycles. The molecule has 0 N–H and O–H groups in total. The van der Waals surface area contributed by atoms with E-state index in [9.17, 15) is 4.79 Å². The molecule has 2 nitrogen and oxygen atoms in total. The Morgan fingerprint density at radius 2 is 1.89 bits per heavy atom. The van der Waals surface area contributed by atoms with Gasteiger partial charge in [-0.3, -0.25) is 4.79 Å². The Balaban J connectivity index is -0.0000000300. The largest absolute Gasteiger partial charge is 1.00 e. The second-order valence-electron chi connectivity index (χ2n) is 1.16. The van der Waals surface area contributed by atoms with Crippen molar-refractivity contribution >= 4 is 5.97 Å². The summed E-state index contributed by atoms with van der Waals surface area (Å²) in [6.07, 6.45) is 0.480. The molecule has 0 saturated heterocycles. The Kier molecular flexibility index (Phi) is 22.8. The van der Waals surface area contributed by atoms with Crippen LogP contribution in [0.2, 0.25) is 0 Å². The van der Waals surface area contributed by atoms with Crippen LogP contribution in [-0.4, -0.2) is 12.6 Å². The van der Waals surface area contributed by atoms with Gasteiger partial charge in [0, 0.05) is 6.42 Å². The Morgan fingerprint density at radius 1 is 1.44 bits per heavy atom. The van der Waals surface area contributed by atoms with Gasteiger partial charge in [0.1, 0.15) is 0 Å². The number of hydrogen-bond donors (Lipinski definition) is 0. The molecule has 0 aliphatic rings. The van der Waals surface area contributed by atoms with Crippen LogP contribution < -0.4 is 59.1 Å². The van der Waals surface area contributed by atoms with Crippen LogP contribution in [-0.2, 0) is 9.53 Å². The van der Waals surface area contributed by atoms with Crippen LogP contribution in [0.15, 0.2) is 0 Å². The Bertz CT molecular complexity index is 73.5. The zero-order chi connectivity index (χ0) is 5.70. The summed E-state index contributed by atoms with van der Waals surface area (Å²) in [5.74, 6) is -0.123. The molecule has 0 unspecified atom stereocenters. The van der Waals surface area contributed by atoms with Crippen LogP contribution in [0.25, 0.3) is 0 Å². The molecule has 0 radical (unpaired) electrons. The van der Waals surface area contributed by atoms with Gasteiger partial charge in [0.25, 0.3) is 0 Å². The van der Waals surface area contributed by atoms with E-state index < -0.39 is 0 Å². The van der Waals surface area contributed by atoms with Crippen molar-refractivity contribution in [1.82, 2.24) is 0 Å². The zero-order valence-corrected chi connectivity index (χ0v) is 10.7. The summed E-state index contributed by atoms with van der Waals surface area (Å²) in [5, 5.41) is 0. The first-order valence-electron chi connectivity index (χ1n) is 2.46. The van der Waals surface area contributed by atoms with Crippen LogP contribution >= 0.6 is 0 Å². The van der Waals surface area contributed by atoms with Crippen LogP contribution in [0.4, 0.5) is 0 Å². The SMILES string of the molecule is CCOC(=O)CC.[H-].[H-].[Na+].[Na+]. The van der Waals surface area contributed by atoms with E-state index in [0.29, 0.717) is 13.0 Å². The van der Waals surface area contributed by atoms with Crippen molar-refractivity contribution < 1.29 is 71.5 Å². The molecule has 0 amide bonds. The summed E-state index contributed by atoms with van der Waals surface area (Å²) in [5.41, 5.74) is 0. The number of carbonyl (C=O) groups excluding carboxylic acids is 1.